The standard InChI is InChI=1S/C24H30ClN7O2S.2C4H6O6/c1-30(2)35(33,34)22-7-5-4-6-21(22)28-23-20(25)16-26-24(29-23)27-19-10-8-18(9-11-19)17-32-14-12-31(3)13-15-32;2*5-1(3(7)8)2(6)4(9)10/h4-11,16H,12-15,17H2,1-3H3,(H2,26,27,28,29);2*1-2,5-6H,(H,7,8)(H,9,10)/t;2*1-,2-/m.11/s1. The highest BCUT2D eigenvalue weighted by molar-refractivity contribution is 7.89. The van der Waals surface area contributed by atoms with Crippen LogP contribution in [0.4, 0.5) is 23.1 Å². The number of nitrogens with one attached hydrogen (secondary N) is 2. The van der Waals surface area contributed by atoms with E-state index in [9.17, 15) is 27.6 Å². The van der Waals surface area contributed by atoms with Crippen molar-refractivity contribution < 1.29 is 68.4 Å². The van der Waals surface area contributed by atoms with E-state index in [1.165, 1.54) is 31.9 Å². The van der Waals surface area contributed by atoms with Crippen LogP contribution in [0.3, 0.4) is 0 Å². The molecular formula is C32H42ClN7O14S. The summed E-state index contributed by atoms with van der Waals surface area (Å²) in [7, 11) is 1.48. The fourth-order valence-corrected chi connectivity index (χ4v) is 5.44. The molecule has 1 saturated heterocycles. The molecule has 23 heteroatoms. The Morgan fingerprint density at radius 1 is 0.782 bits per heavy atom. The number of carboxylic acids is 4. The summed E-state index contributed by atoms with van der Waals surface area (Å²) in [6.07, 6.45) is -7.59. The number of hydrogen-bond donors (Lipinski definition) is 10. The van der Waals surface area contributed by atoms with Gasteiger partial charge in [0, 0.05) is 52.5 Å². The average molecular weight is 816 g/mol. The van der Waals surface area contributed by atoms with Gasteiger partial charge in [0.05, 0.1) is 11.9 Å². The number of benzene rings is 2. The van der Waals surface area contributed by atoms with Crippen molar-refractivity contribution in [2.75, 3.05) is 58.0 Å². The number of rotatable bonds is 14. The summed E-state index contributed by atoms with van der Waals surface area (Å²) >= 11 is 6.32. The van der Waals surface area contributed by atoms with E-state index in [4.69, 9.17) is 52.5 Å². The summed E-state index contributed by atoms with van der Waals surface area (Å²) in [6, 6.07) is 14.8. The molecule has 2 heterocycles. The van der Waals surface area contributed by atoms with Crippen molar-refractivity contribution in [1.82, 2.24) is 24.1 Å². The van der Waals surface area contributed by atoms with Gasteiger partial charge in [-0.05, 0) is 36.9 Å². The van der Waals surface area contributed by atoms with E-state index >= 15 is 0 Å². The third-order valence-corrected chi connectivity index (χ3v) is 9.62. The molecule has 0 aliphatic carbocycles. The van der Waals surface area contributed by atoms with Gasteiger partial charge >= 0.3 is 23.9 Å². The fraction of sp³-hybridized carbons (Fsp3) is 0.375. The molecular weight excluding hydrogens is 774 g/mol. The number of halogens is 1. The normalized spacial score (nSPS) is 15.5. The van der Waals surface area contributed by atoms with Crippen LogP contribution in [0.5, 0.6) is 0 Å². The Balaban J connectivity index is 0.000000429. The van der Waals surface area contributed by atoms with Gasteiger partial charge in [0.25, 0.3) is 0 Å². The van der Waals surface area contributed by atoms with Gasteiger partial charge in [-0.3, -0.25) is 4.90 Å². The molecule has 0 amide bonds. The number of aliphatic carboxylic acids is 4. The number of aliphatic hydroxyl groups is 4. The van der Waals surface area contributed by atoms with Crippen molar-refractivity contribution >= 4 is 68.6 Å². The molecule has 0 radical (unpaired) electrons. The number of para-hydroxylation sites is 1. The molecule has 1 aromatic heterocycles. The highest BCUT2D eigenvalue weighted by atomic mass is 35.5. The number of aromatic nitrogens is 2. The van der Waals surface area contributed by atoms with Gasteiger partial charge in [0.1, 0.15) is 9.92 Å². The molecule has 0 saturated carbocycles. The lowest BCUT2D eigenvalue weighted by Gasteiger charge is -2.32. The van der Waals surface area contributed by atoms with Gasteiger partial charge in [-0.15, -0.1) is 0 Å². The Labute approximate surface area is 319 Å². The number of nitrogens with zero attached hydrogens (tertiary/aromatic N) is 5. The van der Waals surface area contributed by atoms with E-state index < -0.39 is 58.3 Å². The Morgan fingerprint density at radius 3 is 1.71 bits per heavy atom. The number of carbonyl (C=O) groups is 4. The first kappa shape index (κ1) is 46.1. The molecule has 0 unspecified atom stereocenters. The molecule has 4 atom stereocenters. The minimum atomic E-state index is -3.65. The lowest BCUT2D eigenvalue weighted by molar-refractivity contribution is -0.165. The van der Waals surface area contributed by atoms with E-state index in [0.717, 1.165) is 42.7 Å². The summed E-state index contributed by atoms with van der Waals surface area (Å²) in [5.41, 5.74) is 2.47. The smallest absolute Gasteiger partial charge is 0.335 e. The zero-order valence-corrected chi connectivity index (χ0v) is 31.2. The van der Waals surface area contributed by atoms with E-state index in [1.807, 2.05) is 12.1 Å². The molecule has 2 aromatic carbocycles. The summed E-state index contributed by atoms with van der Waals surface area (Å²) in [4.78, 5) is 52.8. The van der Waals surface area contributed by atoms with Crippen LogP contribution in [0.25, 0.3) is 0 Å². The van der Waals surface area contributed by atoms with Gasteiger partial charge in [-0.2, -0.15) is 4.98 Å². The monoisotopic (exact) mass is 815 g/mol. The minimum Gasteiger partial charge on any atom is -0.479 e. The van der Waals surface area contributed by atoms with Crippen molar-refractivity contribution in [2.24, 2.45) is 0 Å². The zero-order valence-electron chi connectivity index (χ0n) is 29.6. The molecule has 10 N–H and O–H groups in total. The Morgan fingerprint density at radius 2 is 1.25 bits per heavy atom. The topological polar surface area (TPSA) is 324 Å². The highest BCUT2D eigenvalue weighted by Gasteiger charge is 2.30. The SMILES string of the molecule is CN1CCN(Cc2ccc(Nc3ncc(Cl)c(Nc4ccccc4S(=O)(=O)N(C)C)n3)cc2)CC1.O=C(O)[C@H](O)[C@@H](O)C(=O)O.O=C(O)[C@H](O)[C@@H](O)C(=O)O. The molecule has 1 aliphatic rings. The largest absolute Gasteiger partial charge is 0.479 e. The van der Waals surface area contributed by atoms with Crippen molar-refractivity contribution in [3.8, 4) is 0 Å². The van der Waals surface area contributed by atoms with E-state index in [2.05, 4.69) is 49.6 Å². The van der Waals surface area contributed by atoms with E-state index in [1.54, 1.807) is 18.2 Å². The molecule has 0 spiro atoms. The molecule has 1 fully saturated rings. The second-order valence-electron chi connectivity index (χ2n) is 11.8. The molecule has 1 aliphatic heterocycles. The van der Waals surface area contributed by atoms with Crippen molar-refractivity contribution in [1.29, 1.82) is 0 Å². The molecule has 302 valence electrons. The Bertz CT molecular complexity index is 1810. The molecule has 4 rings (SSSR count). The summed E-state index contributed by atoms with van der Waals surface area (Å²) in [6.45, 7) is 5.26. The van der Waals surface area contributed by atoms with Crippen LogP contribution in [0.1, 0.15) is 5.56 Å². The lowest BCUT2D eigenvalue weighted by Crippen LogP contribution is -2.43. The third kappa shape index (κ3) is 14.3. The maximum Gasteiger partial charge on any atom is 0.335 e. The summed E-state index contributed by atoms with van der Waals surface area (Å²) < 4.78 is 26.6. The highest BCUT2D eigenvalue weighted by Crippen LogP contribution is 2.30. The van der Waals surface area contributed by atoms with E-state index in [0.29, 0.717) is 17.5 Å². The van der Waals surface area contributed by atoms with Crippen molar-refractivity contribution in [3.05, 3.63) is 65.3 Å². The van der Waals surface area contributed by atoms with Gasteiger partial charge in [0.15, 0.2) is 30.2 Å². The van der Waals surface area contributed by atoms with Crippen LogP contribution in [-0.2, 0) is 35.7 Å². The second kappa shape index (κ2) is 21.2. The van der Waals surface area contributed by atoms with Crippen LogP contribution in [0.2, 0.25) is 5.02 Å². The number of carboxylic acid groups (broad SMARTS) is 4. The van der Waals surface area contributed by atoms with Crippen molar-refractivity contribution in [3.63, 3.8) is 0 Å². The molecule has 3 aromatic rings. The number of likely N-dealkylation sites (N-methyl/N-ethyl adjacent to an activating group) is 1. The van der Waals surface area contributed by atoms with Crippen LogP contribution in [-0.4, -0.2) is 169 Å². The van der Waals surface area contributed by atoms with Crippen LogP contribution in [0.15, 0.2) is 59.6 Å². The fourth-order valence-electron chi connectivity index (χ4n) is 4.26. The molecule has 55 heavy (non-hydrogen) atoms. The Kier molecular flexibility index (Phi) is 17.7. The molecule has 21 nitrogen and oxygen atoms in total. The average Bonchev–Trinajstić information content (AvgIpc) is 3.13. The zero-order chi connectivity index (χ0) is 41.6. The first-order chi connectivity index (χ1) is 25.6. The molecule has 0 bridgehead atoms. The predicted octanol–water partition coefficient (Wildman–Crippen LogP) is -0.630. The van der Waals surface area contributed by atoms with Gasteiger partial charge in [-0.1, -0.05) is 35.9 Å². The quantitative estimate of drug-likeness (QED) is 0.0968. The second-order valence-corrected chi connectivity index (χ2v) is 14.4. The lowest BCUT2D eigenvalue weighted by atomic mass is 10.2. The van der Waals surface area contributed by atoms with Gasteiger partial charge in [-0.25, -0.2) is 36.9 Å². The van der Waals surface area contributed by atoms with Crippen LogP contribution in [0, 0.1) is 0 Å². The number of hydrogen-bond acceptors (Lipinski definition) is 16. The minimum absolute atomic E-state index is 0.130. The summed E-state index contributed by atoms with van der Waals surface area (Å²) in [5, 5.41) is 71.6. The summed E-state index contributed by atoms with van der Waals surface area (Å²) in [5.74, 6) is -6.43. The Hall–Kier alpha value is -5.04. The van der Waals surface area contributed by atoms with E-state index in [-0.39, 0.29) is 9.92 Å². The predicted molar refractivity (Wildman–Crippen MR) is 195 cm³/mol. The number of anilines is 4. The maximum absolute atomic E-state index is 12.7. The number of piperazine rings is 1. The number of sulfonamides is 1. The van der Waals surface area contributed by atoms with Crippen molar-refractivity contribution in [2.45, 2.75) is 35.9 Å². The number of aliphatic hydroxyl groups excluding tert-OH is 4. The first-order valence-electron chi connectivity index (χ1n) is 15.9. The maximum atomic E-state index is 12.7. The third-order valence-electron chi connectivity index (χ3n) is 7.47. The van der Waals surface area contributed by atoms with Crippen LogP contribution >= 0.6 is 11.6 Å². The first-order valence-corrected chi connectivity index (χ1v) is 17.7. The van der Waals surface area contributed by atoms with Crippen LogP contribution < -0.4 is 10.6 Å². The van der Waals surface area contributed by atoms with Gasteiger partial charge < -0.3 is 56.4 Å². The van der Waals surface area contributed by atoms with Gasteiger partial charge in [0.2, 0.25) is 16.0 Å².